The highest BCUT2D eigenvalue weighted by atomic mass is 35.5. The maximum absolute atomic E-state index is 12.3. The van der Waals surface area contributed by atoms with Crippen LogP contribution in [0.2, 0.25) is 5.02 Å². The second-order valence-corrected chi connectivity index (χ2v) is 4.44. The summed E-state index contributed by atoms with van der Waals surface area (Å²) in [5, 5.41) is 10.8. The topological polar surface area (TPSA) is 89.5 Å². The lowest BCUT2D eigenvalue weighted by Gasteiger charge is -2.21. The lowest BCUT2D eigenvalue weighted by atomic mass is 10.1. The summed E-state index contributed by atoms with van der Waals surface area (Å²) in [6.07, 6.45) is 0.794. The van der Waals surface area contributed by atoms with Gasteiger partial charge in [-0.3, -0.25) is 14.9 Å². The molecule has 0 aliphatic heterocycles. The van der Waals surface area contributed by atoms with Crippen LogP contribution < -0.4 is 5.73 Å². The highest BCUT2D eigenvalue weighted by molar-refractivity contribution is 6.34. The fourth-order valence-electron chi connectivity index (χ4n) is 1.73. The molecule has 0 bridgehead atoms. The fraction of sp³-hybridized carbons (Fsp3) is 0.417. The van der Waals surface area contributed by atoms with Gasteiger partial charge < -0.3 is 10.6 Å². The molecule has 0 aliphatic rings. The second kappa shape index (κ2) is 6.38. The number of amides is 1. The molecule has 0 aromatic heterocycles. The summed E-state index contributed by atoms with van der Waals surface area (Å²) in [7, 11) is 0. The Bertz CT molecular complexity index is 505. The van der Waals surface area contributed by atoms with Crippen LogP contribution in [0.1, 0.15) is 30.6 Å². The summed E-state index contributed by atoms with van der Waals surface area (Å²) >= 11 is 5.83. The molecule has 1 aromatic carbocycles. The number of halogens is 1. The van der Waals surface area contributed by atoms with Gasteiger partial charge in [0.15, 0.2) is 0 Å². The molecule has 6 nitrogen and oxygen atoms in total. The van der Waals surface area contributed by atoms with Gasteiger partial charge in [0.25, 0.3) is 11.6 Å². The zero-order valence-corrected chi connectivity index (χ0v) is 11.6. The number of benzene rings is 1. The Balaban J connectivity index is 3.25. The molecule has 0 saturated heterocycles. The largest absolute Gasteiger partial charge is 0.397 e. The number of nitro benzene ring substituents is 1. The smallest absolute Gasteiger partial charge is 0.271 e. The van der Waals surface area contributed by atoms with Crippen LogP contribution in [0.15, 0.2) is 12.1 Å². The van der Waals surface area contributed by atoms with Crippen LogP contribution in [0.3, 0.4) is 0 Å². The molecule has 0 fully saturated rings. The van der Waals surface area contributed by atoms with Crippen molar-refractivity contribution in [2.45, 2.75) is 20.3 Å². The fourth-order valence-corrected chi connectivity index (χ4v) is 1.94. The van der Waals surface area contributed by atoms with Gasteiger partial charge in [-0.05, 0) is 13.3 Å². The molecule has 1 amide bonds. The molecule has 0 unspecified atom stereocenters. The Morgan fingerprint density at radius 3 is 2.58 bits per heavy atom. The van der Waals surface area contributed by atoms with Gasteiger partial charge in [0.05, 0.1) is 21.2 Å². The van der Waals surface area contributed by atoms with E-state index in [1.807, 2.05) is 13.8 Å². The van der Waals surface area contributed by atoms with E-state index in [0.29, 0.717) is 13.1 Å². The molecule has 19 heavy (non-hydrogen) atoms. The van der Waals surface area contributed by atoms with E-state index in [1.165, 1.54) is 6.07 Å². The van der Waals surface area contributed by atoms with Gasteiger partial charge in [-0.25, -0.2) is 0 Å². The zero-order valence-electron chi connectivity index (χ0n) is 10.9. The third-order valence-corrected chi connectivity index (χ3v) is 3.03. The van der Waals surface area contributed by atoms with E-state index < -0.39 is 4.92 Å². The molecule has 0 heterocycles. The minimum atomic E-state index is -0.599. The number of nitrogens with two attached hydrogens (primary N) is 1. The van der Waals surface area contributed by atoms with Crippen LogP contribution >= 0.6 is 11.6 Å². The average Bonchev–Trinajstić information content (AvgIpc) is 2.37. The number of non-ortho nitro benzene ring substituents is 1. The lowest BCUT2D eigenvalue weighted by molar-refractivity contribution is -0.384. The molecular weight excluding hydrogens is 270 g/mol. The van der Waals surface area contributed by atoms with Crippen LogP contribution in [0.5, 0.6) is 0 Å². The van der Waals surface area contributed by atoms with Crippen molar-refractivity contribution in [2.24, 2.45) is 0 Å². The highest BCUT2D eigenvalue weighted by Crippen LogP contribution is 2.29. The lowest BCUT2D eigenvalue weighted by Crippen LogP contribution is -2.32. The maximum Gasteiger partial charge on any atom is 0.271 e. The molecule has 2 N–H and O–H groups in total. The van der Waals surface area contributed by atoms with Crippen molar-refractivity contribution in [3.63, 3.8) is 0 Å². The number of rotatable bonds is 5. The van der Waals surface area contributed by atoms with Crippen molar-refractivity contribution < 1.29 is 9.72 Å². The summed E-state index contributed by atoms with van der Waals surface area (Å²) in [5.41, 5.74) is 5.65. The molecule has 0 saturated carbocycles. The van der Waals surface area contributed by atoms with Gasteiger partial charge in [-0.15, -0.1) is 0 Å². The highest BCUT2D eigenvalue weighted by Gasteiger charge is 2.22. The normalized spacial score (nSPS) is 10.3. The molecule has 7 heteroatoms. The summed E-state index contributed by atoms with van der Waals surface area (Å²) in [6, 6.07) is 2.31. The molecule has 0 spiro atoms. The minimum absolute atomic E-state index is 0.0186. The van der Waals surface area contributed by atoms with Gasteiger partial charge in [0, 0.05) is 25.2 Å². The molecule has 1 aromatic rings. The molecule has 104 valence electrons. The number of nitro groups is 1. The van der Waals surface area contributed by atoms with Gasteiger partial charge in [0.2, 0.25) is 0 Å². The van der Waals surface area contributed by atoms with E-state index in [-0.39, 0.29) is 27.9 Å². The first kappa shape index (κ1) is 15.2. The van der Waals surface area contributed by atoms with Gasteiger partial charge in [-0.1, -0.05) is 18.5 Å². The Morgan fingerprint density at radius 2 is 2.11 bits per heavy atom. The van der Waals surface area contributed by atoms with Crippen LogP contribution in [0.25, 0.3) is 0 Å². The third kappa shape index (κ3) is 3.35. The Hall–Kier alpha value is -1.82. The first-order valence-corrected chi connectivity index (χ1v) is 6.32. The van der Waals surface area contributed by atoms with E-state index in [4.69, 9.17) is 17.3 Å². The maximum atomic E-state index is 12.3. The average molecular weight is 286 g/mol. The van der Waals surface area contributed by atoms with Crippen molar-refractivity contribution in [3.8, 4) is 0 Å². The predicted octanol–water partition coefficient (Wildman–Crippen LogP) is 2.70. The Kier molecular flexibility index (Phi) is 5.11. The van der Waals surface area contributed by atoms with Crippen molar-refractivity contribution in [1.82, 2.24) is 4.90 Å². The predicted molar refractivity (Wildman–Crippen MR) is 74.4 cm³/mol. The summed E-state index contributed by atoms with van der Waals surface area (Å²) < 4.78 is 0. The Labute approximate surface area is 116 Å². The van der Waals surface area contributed by atoms with Crippen molar-refractivity contribution in [2.75, 3.05) is 18.8 Å². The summed E-state index contributed by atoms with van der Waals surface area (Å²) in [5.74, 6) is -0.340. The van der Waals surface area contributed by atoms with E-state index in [1.54, 1.807) is 4.90 Å². The van der Waals surface area contributed by atoms with Crippen LogP contribution in [-0.2, 0) is 0 Å². The number of nitrogen functional groups attached to an aromatic ring is 1. The minimum Gasteiger partial charge on any atom is -0.397 e. The number of carbonyl (C=O) groups is 1. The molecule has 0 radical (unpaired) electrons. The monoisotopic (exact) mass is 285 g/mol. The van der Waals surface area contributed by atoms with E-state index in [9.17, 15) is 14.9 Å². The number of nitrogens with zero attached hydrogens (tertiary/aromatic N) is 2. The van der Waals surface area contributed by atoms with Crippen LogP contribution in [0, 0.1) is 10.1 Å². The van der Waals surface area contributed by atoms with E-state index in [2.05, 4.69) is 0 Å². The standard InChI is InChI=1S/C12H16ClN3O3/c1-3-5-15(4-2)12(17)9-6-8(16(18)19)7-10(13)11(9)14/h6-7H,3-5,14H2,1-2H3. The van der Waals surface area contributed by atoms with E-state index in [0.717, 1.165) is 12.5 Å². The van der Waals surface area contributed by atoms with Gasteiger partial charge in [0.1, 0.15) is 0 Å². The quantitative estimate of drug-likeness (QED) is 0.512. The van der Waals surface area contributed by atoms with Crippen molar-refractivity contribution in [3.05, 3.63) is 32.8 Å². The van der Waals surface area contributed by atoms with Crippen LogP contribution in [0.4, 0.5) is 11.4 Å². The molecular formula is C12H16ClN3O3. The molecule has 1 rings (SSSR count). The number of hydrogen-bond donors (Lipinski definition) is 1. The third-order valence-electron chi connectivity index (χ3n) is 2.72. The van der Waals surface area contributed by atoms with Gasteiger partial charge in [-0.2, -0.15) is 0 Å². The number of carbonyl (C=O) groups excluding carboxylic acids is 1. The summed E-state index contributed by atoms with van der Waals surface area (Å²) in [6.45, 7) is 4.85. The van der Waals surface area contributed by atoms with Crippen molar-refractivity contribution in [1.29, 1.82) is 0 Å². The Morgan fingerprint density at radius 1 is 1.47 bits per heavy atom. The van der Waals surface area contributed by atoms with Crippen molar-refractivity contribution >= 4 is 28.9 Å². The van der Waals surface area contributed by atoms with Crippen LogP contribution in [-0.4, -0.2) is 28.8 Å². The first-order chi connectivity index (χ1) is 8.92. The van der Waals surface area contributed by atoms with E-state index >= 15 is 0 Å². The summed E-state index contributed by atoms with van der Waals surface area (Å²) in [4.78, 5) is 24.0. The SMILES string of the molecule is CCCN(CC)C(=O)c1cc([N+](=O)[O-])cc(Cl)c1N. The first-order valence-electron chi connectivity index (χ1n) is 5.95. The second-order valence-electron chi connectivity index (χ2n) is 4.03. The molecule has 0 atom stereocenters. The molecule has 0 aliphatic carbocycles. The number of anilines is 1. The van der Waals surface area contributed by atoms with Gasteiger partial charge >= 0.3 is 0 Å². The zero-order chi connectivity index (χ0) is 14.6. The number of hydrogen-bond acceptors (Lipinski definition) is 4.